The molecule has 7 heteroatoms. The third-order valence-corrected chi connectivity index (χ3v) is 5.32. The van der Waals surface area contributed by atoms with E-state index in [-0.39, 0.29) is 11.9 Å². The van der Waals surface area contributed by atoms with E-state index in [0.29, 0.717) is 41.4 Å². The van der Waals surface area contributed by atoms with Gasteiger partial charge in [-0.3, -0.25) is 4.79 Å². The van der Waals surface area contributed by atoms with Gasteiger partial charge in [0, 0.05) is 16.5 Å². The molecular formula is C28H31BrO6. The van der Waals surface area contributed by atoms with Crippen molar-refractivity contribution in [3.8, 4) is 17.2 Å². The molecule has 1 N–H and O–H groups in total. The number of carbonyl (C=O) groups is 2. The minimum absolute atomic E-state index is 0.102. The number of hydrogen-bond acceptors (Lipinski definition) is 5. The summed E-state index contributed by atoms with van der Waals surface area (Å²) < 4.78 is 17.9. The topological polar surface area (TPSA) is 82.1 Å². The zero-order chi connectivity index (χ0) is 25.8. The number of benzene rings is 3. The fraction of sp³-hybridized carbons (Fsp3) is 0.286. The van der Waals surface area contributed by atoms with Crippen LogP contribution in [-0.2, 0) is 4.79 Å². The molecule has 0 spiro atoms. The summed E-state index contributed by atoms with van der Waals surface area (Å²) in [5.41, 5.74) is 1.09. The van der Waals surface area contributed by atoms with Crippen molar-refractivity contribution in [1.82, 2.24) is 0 Å². The van der Waals surface area contributed by atoms with Crippen LogP contribution in [0.4, 0.5) is 0 Å². The van der Waals surface area contributed by atoms with E-state index in [4.69, 9.17) is 19.3 Å². The second-order valence-electron chi connectivity index (χ2n) is 7.47. The molecule has 6 nitrogen and oxygen atoms in total. The van der Waals surface area contributed by atoms with Gasteiger partial charge in [-0.15, -0.1) is 0 Å². The molecule has 0 aliphatic heterocycles. The maximum absolute atomic E-state index is 13.0. The summed E-state index contributed by atoms with van der Waals surface area (Å²) in [5, 5.41) is 8.91. The maximum atomic E-state index is 13.0. The highest BCUT2D eigenvalue weighted by molar-refractivity contribution is 9.10. The molecule has 0 heterocycles. The van der Waals surface area contributed by atoms with E-state index in [9.17, 15) is 9.59 Å². The number of ketones is 1. The van der Waals surface area contributed by atoms with Crippen LogP contribution in [0.2, 0.25) is 0 Å². The van der Waals surface area contributed by atoms with Gasteiger partial charge in [-0.2, -0.15) is 0 Å². The van der Waals surface area contributed by atoms with Crippen molar-refractivity contribution in [3.63, 3.8) is 0 Å². The van der Waals surface area contributed by atoms with E-state index in [2.05, 4.69) is 15.9 Å². The molecule has 2 unspecified atom stereocenters. The number of hydrogen-bond donors (Lipinski definition) is 1. The van der Waals surface area contributed by atoms with E-state index >= 15 is 0 Å². The van der Waals surface area contributed by atoms with Crippen molar-refractivity contribution in [2.45, 2.75) is 46.3 Å². The van der Waals surface area contributed by atoms with E-state index in [0.717, 1.165) is 4.47 Å². The molecule has 3 rings (SSSR count). The van der Waals surface area contributed by atoms with Crippen LogP contribution in [0.25, 0.3) is 0 Å². The SMILES string of the molecule is CC.CC(CCOc1ccc(OC(C)C(=O)O)cc1)Oc1ccc(Br)cc1C(=O)c1ccccc1. The quantitative estimate of drug-likeness (QED) is 0.268. The highest BCUT2D eigenvalue weighted by Crippen LogP contribution is 2.27. The molecule has 3 aromatic carbocycles. The van der Waals surface area contributed by atoms with Gasteiger partial charge in [-0.05, 0) is 56.3 Å². The van der Waals surface area contributed by atoms with Crippen molar-refractivity contribution < 1.29 is 28.9 Å². The van der Waals surface area contributed by atoms with Crippen LogP contribution in [0.15, 0.2) is 77.3 Å². The van der Waals surface area contributed by atoms with E-state index in [1.165, 1.54) is 6.92 Å². The van der Waals surface area contributed by atoms with Gasteiger partial charge >= 0.3 is 5.97 Å². The summed E-state index contributed by atoms with van der Waals surface area (Å²) in [5.74, 6) is 0.494. The summed E-state index contributed by atoms with van der Waals surface area (Å²) in [6.07, 6.45) is -0.511. The lowest BCUT2D eigenvalue weighted by atomic mass is 10.0. The normalized spacial score (nSPS) is 11.9. The summed E-state index contributed by atoms with van der Waals surface area (Å²) in [7, 11) is 0. The Balaban J connectivity index is 0.00000210. The standard InChI is InChI=1S/C26H25BrO6.C2H6/c1-17(14-15-31-21-9-11-22(12-10-21)33-18(2)26(29)30)32-24-13-8-20(27)16-23(24)25(28)19-6-4-3-5-7-19;1-2/h3-13,16-18H,14-15H2,1-2H3,(H,29,30);1-2H3. The zero-order valence-electron chi connectivity index (χ0n) is 20.4. The first-order valence-corrected chi connectivity index (χ1v) is 12.3. The Morgan fingerprint density at radius 3 is 2.14 bits per heavy atom. The summed E-state index contributed by atoms with van der Waals surface area (Å²) in [6.45, 7) is 7.80. The van der Waals surface area contributed by atoms with Gasteiger partial charge in [0.2, 0.25) is 0 Å². The molecule has 0 radical (unpaired) electrons. The number of carboxylic acid groups (broad SMARTS) is 1. The molecule has 0 aliphatic rings. The molecule has 0 bridgehead atoms. The second kappa shape index (κ2) is 14.2. The number of carboxylic acids is 1. The van der Waals surface area contributed by atoms with Crippen molar-refractivity contribution in [2.24, 2.45) is 0 Å². The van der Waals surface area contributed by atoms with Gasteiger partial charge < -0.3 is 19.3 Å². The number of halogens is 1. The molecule has 3 aromatic rings. The lowest BCUT2D eigenvalue weighted by Crippen LogP contribution is -2.22. The molecular weight excluding hydrogens is 512 g/mol. The largest absolute Gasteiger partial charge is 0.493 e. The average Bonchev–Trinajstić information content (AvgIpc) is 2.87. The second-order valence-corrected chi connectivity index (χ2v) is 8.39. The molecule has 35 heavy (non-hydrogen) atoms. The fourth-order valence-electron chi connectivity index (χ4n) is 3.01. The van der Waals surface area contributed by atoms with Crippen molar-refractivity contribution >= 4 is 27.7 Å². The molecule has 0 aromatic heterocycles. The van der Waals surface area contributed by atoms with Crippen molar-refractivity contribution in [1.29, 1.82) is 0 Å². The number of aliphatic carboxylic acids is 1. The minimum atomic E-state index is -1.02. The Hall–Kier alpha value is -3.32. The van der Waals surface area contributed by atoms with Crippen LogP contribution in [0.1, 0.15) is 50.0 Å². The first-order chi connectivity index (χ1) is 16.8. The third kappa shape index (κ3) is 8.76. The first kappa shape index (κ1) is 27.9. The van der Waals surface area contributed by atoms with Gasteiger partial charge in [-0.1, -0.05) is 60.1 Å². The Labute approximate surface area is 215 Å². The van der Waals surface area contributed by atoms with Crippen LogP contribution in [0.5, 0.6) is 17.2 Å². The average molecular weight is 543 g/mol. The van der Waals surface area contributed by atoms with Crippen LogP contribution in [0, 0.1) is 0 Å². The van der Waals surface area contributed by atoms with E-state index in [1.807, 2.05) is 45.0 Å². The number of ether oxygens (including phenoxy) is 3. The van der Waals surface area contributed by atoms with E-state index in [1.54, 1.807) is 48.5 Å². The van der Waals surface area contributed by atoms with Crippen molar-refractivity contribution in [3.05, 3.63) is 88.4 Å². The van der Waals surface area contributed by atoms with Crippen LogP contribution >= 0.6 is 15.9 Å². The monoisotopic (exact) mass is 542 g/mol. The van der Waals surface area contributed by atoms with Crippen LogP contribution < -0.4 is 14.2 Å². The van der Waals surface area contributed by atoms with Crippen molar-refractivity contribution in [2.75, 3.05) is 6.61 Å². The van der Waals surface area contributed by atoms with Gasteiger partial charge in [0.15, 0.2) is 11.9 Å². The lowest BCUT2D eigenvalue weighted by molar-refractivity contribution is -0.144. The predicted octanol–water partition coefficient (Wildman–Crippen LogP) is 6.79. The summed E-state index contributed by atoms with van der Waals surface area (Å²) >= 11 is 3.43. The highest BCUT2D eigenvalue weighted by Gasteiger charge is 2.17. The Bertz CT molecular complexity index is 1080. The van der Waals surface area contributed by atoms with Gasteiger partial charge in [0.05, 0.1) is 18.3 Å². The maximum Gasteiger partial charge on any atom is 0.344 e. The molecule has 186 valence electrons. The van der Waals surface area contributed by atoms with Gasteiger partial charge in [0.25, 0.3) is 0 Å². The lowest BCUT2D eigenvalue weighted by Gasteiger charge is -2.18. The molecule has 2 atom stereocenters. The highest BCUT2D eigenvalue weighted by atomic mass is 79.9. The number of carbonyl (C=O) groups excluding carboxylic acids is 1. The number of rotatable bonds is 11. The van der Waals surface area contributed by atoms with Gasteiger partial charge in [-0.25, -0.2) is 4.79 Å². The molecule has 0 saturated heterocycles. The van der Waals surface area contributed by atoms with Crippen LogP contribution in [0.3, 0.4) is 0 Å². The van der Waals surface area contributed by atoms with Crippen LogP contribution in [-0.4, -0.2) is 35.7 Å². The summed E-state index contributed by atoms with van der Waals surface area (Å²) in [4.78, 5) is 23.8. The molecule has 0 aliphatic carbocycles. The fourth-order valence-corrected chi connectivity index (χ4v) is 3.38. The first-order valence-electron chi connectivity index (χ1n) is 11.5. The summed E-state index contributed by atoms with van der Waals surface area (Å²) in [6, 6.07) is 21.3. The molecule has 0 amide bonds. The third-order valence-electron chi connectivity index (χ3n) is 4.83. The smallest absolute Gasteiger partial charge is 0.344 e. The molecule has 0 fully saturated rings. The van der Waals surface area contributed by atoms with Gasteiger partial charge in [0.1, 0.15) is 17.2 Å². The minimum Gasteiger partial charge on any atom is -0.493 e. The Morgan fingerprint density at radius 2 is 1.51 bits per heavy atom. The Kier molecular flexibility index (Phi) is 11.3. The van der Waals surface area contributed by atoms with E-state index < -0.39 is 12.1 Å². The predicted molar refractivity (Wildman–Crippen MR) is 140 cm³/mol. The molecule has 0 saturated carbocycles. The Morgan fingerprint density at radius 1 is 0.886 bits per heavy atom. The zero-order valence-corrected chi connectivity index (χ0v) is 21.9.